The normalized spacial score (nSPS) is 12.3. The lowest BCUT2D eigenvalue weighted by atomic mass is 9.80. The van der Waals surface area contributed by atoms with Crippen LogP contribution in [0, 0.1) is 20.8 Å². The number of anilines is 1. The number of rotatable bonds is 3. The topological polar surface area (TPSA) is 57.6 Å². The highest BCUT2D eigenvalue weighted by Crippen LogP contribution is 2.48. The van der Waals surface area contributed by atoms with Gasteiger partial charge >= 0.3 is 5.97 Å². The molecule has 1 amide bonds. The van der Waals surface area contributed by atoms with Crippen molar-refractivity contribution in [2.24, 2.45) is 0 Å². The molecule has 4 heteroatoms. The molecule has 0 unspecified atom stereocenters. The minimum atomic E-state index is -0.878. The number of carbonyl (C=O) groups excluding carboxylic acids is 1. The number of hydrogen-bond acceptors (Lipinski definition) is 2. The zero-order chi connectivity index (χ0) is 21.6. The fraction of sp³-hybridized carbons (Fsp3) is 0.231. The van der Waals surface area contributed by atoms with E-state index in [0.29, 0.717) is 6.54 Å². The fourth-order valence-electron chi connectivity index (χ4n) is 4.62. The summed E-state index contributed by atoms with van der Waals surface area (Å²) in [5, 5.41) is 9.65. The summed E-state index contributed by atoms with van der Waals surface area (Å²) >= 11 is 0. The van der Waals surface area contributed by atoms with Crippen molar-refractivity contribution >= 4 is 17.6 Å². The molecule has 0 fully saturated rings. The molecule has 1 aliphatic heterocycles. The van der Waals surface area contributed by atoms with Gasteiger partial charge in [0.05, 0.1) is 18.7 Å². The molecular formula is C26H25NO3. The highest BCUT2D eigenvalue weighted by atomic mass is 16.4. The molecule has 0 aromatic heterocycles. The van der Waals surface area contributed by atoms with Crippen LogP contribution in [0.5, 0.6) is 0 Å². The Kier molecular flexibility index (Phi) is 4.94. The third-order valence-electron chi connectivity index (χ3n) is 6.03. The van der Waals surface area contributed by atoms with E-state index >= 15 is 0 Å². The van der Waals surface area contributed by atoms with Gasteiger partial charge in [-0.15, -0.1) is 0 Å². The highest BCUT2D eigenvalue weighted by molar-refractivity contribution is 6.04. The number of carboxylic acid groups (broad SMARTS) is 1. The molecule has 1 N–H and O–H groups in total. The summed E-state index contributed by atoms with van der Waals surface area (Å²) in [4.78, 5) is 26.1. The van der Waals surface area contributed by atoms with Gasteiger partial charge in [-0.05, 0) is 59.7 Å². The predicted octanol–water partition coefficient (Wildman–Crippen LogP) is 5.44. The second kappa shape index (κ2) is 7.45. The number of benzene rings is 3. The van der Waals surface area contributed by atoms with E-state index in [1.807, 2.05) is 57.2 Å². The first kappa shape index (κ1) is 19.9. The molecule has 1 aliphatic rings. The van der Waals surface area contributed by atoms with Crippen LogP contribution < -0.4 is 4.90 Å². The second-order valence-electron chi connectivity index (χ2n) is 8.03. The van der Waals surface area contributed by atoms with E-state index in [0.717, 1.165) is 55.8 Å². The van der Waals surface area contributed by atoms with Crippen LogP contribution in [0.25, 0.3) is 22.3 Å². The van der Waals surface area contributed by atoms with E-state index in [1.165, 1.54) is 0 Å². The first-order valence-corrected chi connectivity index (χ1v) is 10.1. The summed E-state index contributed by atoms with van der Waals surface area (Å²) in [6.45, 7) is 8.08. The number of hydrogen-bond donors (Lipinski definition) is 1. The molecule has 1 heterocycles. The van der Waals surface area contributed by atoms with E-state index in [9.17, 15) is 14.7 Å². The summed E-state index contributed by atoms with van der Waals surface area (Å²) in [7, 11) is 0. The molecule has 0 radical (unpaired) electrons. The Hall–Kier alpha value is -3.40. The van der Waals surface area contributed by atoms with Gasteiger partial charge < -0.3 is 10.0 Å². The number of fused-ring (bicyclic) bond motifs is 3. The third-order valence-corrected chi connectivity index (χ3v) is 6.03. The molecular weight excluding hydrogens is 374 g/mol. The summed E-state index contributed by atoms with van der Waals surface area (Å²) in [6, 6.07) is 16.3. The molecule has 0 spiro atoms. The lowest BCUT2D eigenvalue weighted by Crippen LogP contribution is -2.32. The van der Waals surface area contributed by atoms with Crippen molar-refractivity contribution in [3.8, 4) is 22.3 Å². The van der Waals surface area contributed by atoms with Gasteiger partial charge in [-0.2, -0.15) is 0 Å². The molecule has 3 aromatic carbocycles. The van der Waals surface area contributed by atoms with Crippen LogP contribution in [-0.2, 0) is 22.6 Å². The van der Waals surface area contributed by atoms with E-state index in [1.54, 1.807) is 11.8 Å². The van der Waals surface area contributed by atoms with Crippen LogP contribution in [0.1, 0.15) is 34.7 Å². The smallest absolute Gasteiger partial charge is 0.307 e. The Morgan fingerprint density at radius 1 is 0.933 bits per heavy atom. The number of carboxylic acids is 1. The van der Waals surface area contributed by atoms with Gasteiger partial charge in [0.2, 0.25) is 5.91 Å². The standard InChI is InChI=1S/C26H25NO3/c1-15-9-11-19(12-10-15)24-17(3)25-21-8-6-5-7-20(21)14-27(18(4)28)26(25)16(2)22(24)13-23(29)30/h5-12H,13-14H2,1-4H3,(H,29,30). The Morgan fingerprint density at radius 2 is 1.60 bits per heavy atom. The molecule has 30 heavy (non-hydrogen) atoms. The maximum atomic E-state index is 12.6. The molecule has 4 nitrogen and oxygen atoms in total. The Labute approximate surface area is 176 Å². The van der Waals surface area contributed by atoms with E-state index in [-0.39, 0.29) is 12.3 Å². The van der Waals surface area contributed by atoms with Crippen molar-refractivity contribution in [2.75, 3.05) is 4.90 Å². The first-order valence-electron chi connectivity index (χ1n) is 10.1. The number of amides is 1. The number of aryl methyl sites for hydroxylation is 1. The lowest BCUT2D eigenvalue weighted by Gasteiger charge is -2.35. The molecule has 4 rings (SSSR count). The maximum absolute atomic E-state index is 12.6. The van der Waals surface area contributed by atoms with Crippen molar-refractivity contribution in [1.29, 1.82) is 0 Å². The summed E-state index contributed by atoms with van der Waals surface area (Å²) in [5.41, 5.74) is 9.82. The molecule has 0 atom stereocenters. The minimum Gasteiger partial charge on any atom is -0.481 e. The molecule has 0 aliphatic carbocycles. The third kappa shape index (κ3) is 3.18. The largest absolute Gasteiger partial charge is 0.481 e. The van der Waals surface area contributed by atoms with Crippen molar-refractivity contribution in [1.82, 2.24) is 0 Å². The van der Waals surface area contributed by atoms with Crippen molar-refractivity contribution in [3.63, 3.8) is 0 Å². The highest BCUT2D eigenvalue weighted by Gasteiger charge is 2.31. The quantitative estimate of drug-likeness (QED) is 0.638. The van der Waals surface area contributed by atoms with Gasteiger partial charge in [-0.1, -0.05) is 54.1 Å². The molecule has 0 saturated carbocycles. The van der Waals surface area contributed by atoms with Gasteiger partial charge in [0.15, 0.2) is 0 Å². The zero-order valence-electron chi connectivity index (χ0n) is 17.7. The average molecular weight is 399 g/mol. The average Bonchev–Trinajstić information content (AvgIpc) is 2.71. The van der Waals surface area contributed by atoms with Crippen LogP contribution in [0.15, 0.2) is 48.5 Å². The molecule has 0 bridgehead atoms. The second-order valence-corrected chi connectivity index (χ2v) is 8.03. The van der Waals surface area contributed by atoms with Crippen LogP contribution in [0.3, 0.4) is 0 Å². The number of carbonyl (C=O) groups is 2. The monoisotopic (exact) mass is 399 g/mol. The lowest BCUT2D eigenvalue weighted by molar-refractivity contribution is -0.136. The van der Waals surface area contributed by atoms with Crippen molar-refractivity contribution in [2.45, 2.75) is 40.7 Å². The number of aliphatic carboxylic acids is 1. The van der Waals surface area contributed by atoms with Gasteiger partial charge in [-0.3, -0.25) is 9.59 Å². The molecule has 0 saturated heterocycles. The van der Waals surface area contributed by atoms with Crippen LogP contribution in [0.2, 0.25) is 0 Å². The Balaban J connectivity index is 2.13. The Morgan fingerprint density at radius 3 is 2.23 bits per heavy atom. The first-order chi connectivity index (χ1) is 14.3. The SMILES string of the molecule is CC(=O)N1Cc2ccccc2-c2c(C)c(-c3ccc(C)cc3)c(CC(=O)O)c(C)c21. The van der Waals surface area contributed by atoms with Crippen molar-refractivity contribution in [3.05, 3.63) is 76.3 Å². The van der Waals surface area contributed by atoms with Gasteiger partial charge in [0.1, 0.15) is 0 Å². The Bertz CT molecular complexity index is 1180. The summed E-state index contributed by atoms with van der Waals surface area (Å²) in [5.74, 6) is -0.922. The zero-order valence-corrected chi connectivity index (χ0v) is 17.7. The number of nitrogens with zero attached hydrogens (tertiary/aromatic N) is 1. The van der Waals surface area contributed by atoms with Crippen LogP contribution in [-0.4, -0.2) is 17.0 Å². The summed E-state index contributed by atoms with van der Waals surface area (Å²) in [6.07, 6.45) is -0.0868. The van der Waals surface area contributed by atoms with Crippen LogP contribution >= 0.6 is 0 Å². The minimum absolute atomic E-state index is 0.0439. The molecule has 152 valence electrons. The van der Waals surface area contributed by atoms with E-state index in [4.69, 9.17) is 0 Å². The van der Waals surface area contributed by atoms with E-state index < -0.39 is 5.97 Å². The predicted molar refractivity (Wildman–Crippen MR) is 120 cm³/mol. The van der Waals surface area contributed by atoms with Gasteiger partial charge in [0.25, 0.3) is 0 Å². The van der Waals surface area contributed by atoms with Gasteiger partial charge in [0, 0.05) is 12.5 Å². The van der Waals surface area contributed by atoms with Gasteiger partial charge in [-0.25, -0.2) is 0 Å². The molecule has 3 aromatic rings. The maximum Gasteiger partial charge on any atom is 0.307 e. The van der Waals surface area contributed by atoms with Crippen molar-refractivity contribution < 1.29 is 14.7 Å². The fourth-order valence-corrected chi connectivity index (χ4v) is 4.62. The summed E-state index contributed by atoms with van der Waals surface area (Å²) < 4.78 is 0. The van der Waals surface area contributed by atoms with E-state index in [2.05, 4.69) is 12.1 Å². The van der Waals surface area contributed by atoms with Crippen LogP contribution in [0.4, 0.5) is 5.69 Å².